The van der Waals surface area contributed by atoms with Gasteiger partial charge in [-0.3, -0.25) is 4.90 Å². The molecule has 0 aliphatic carbocycles. The van der Waals surface area contributed by atoms with Crippen LogP contribution >= 0.6 is 24.8 Å². The third-order valence-electron chi connectivity index (χ3n) is 3.98. The molecular formula is C10H20Cl2N2. The van der Waals surface area contributed by atoms with E-state index in [4.69, 9.17) is 0 Å². The molecule has 0 aromatic rings. The van der Waals surface area contributed by atoms with Crippen LogP contribution in [0.25, 0.3) is 0 Å². The number of nitrogens with one attached hydrogen (secondary N) is 1. The number of hydrogen-bond donors (Lipinski definition) is 1. The fourth-order valence-electron chi connectivity index (χ4n) is 3.41. The molecule has 3 unspecified atom stereocenters. The van der Waals surface area contributed by atoms with Crippen molar-refractivity contribution in [2.75, 3.05) is 19.6 Å². The highest BCUT2D eigenvalue weighted by atomic mass is 35.5. The Kier molecular flexibility index (Phi) is 4.51. The fraction of sp³-hybridized carbons (Fsp3) is 1.00. The smallest absolute Gasteiger partial charge is 0.0264 e. The molecule has 2 nitrogen and oxygen atoms in total. The van der Waals surface area contributed by atoms with Gasteiger partial charge in [-0.1, -0.05) is 6.42 Å². The van der Waals surface area contributed by atoms with Crippen molar-refractivity contribution >= 4 is 24.8 Å². The maximum Gasteiger partial charge on any atom is 0.0264 e. The summed E-state index contributed by atoms with van der Waals surface area (Å²) in [5, 5.41) is 3.52. The lowest BCUT2D eigenvalue weighted by Crippen LogP contribution is -2.42. The topological polar surface area (TPSA) is 15.3 Å². The first-order valence-electron chi connectivity index (χ1n) is 5.41. The van der Waals surface area contributed by atoms with Crippen molar-refractivity contribution in [3.8, 4) is 0 Å². The molecule has 14 heavy (non-hydrogen) atoms. The van der Waals surface area contributed by atoms with E-state index in [1.54, 1.807) is 0 Å². The maximum absolute atomic E-state index is 3.52. The zero-order chi connectivity index (χ0) is 7.97. The van der Waals surface area contributed by atoms with E-state index in [0.29, 0.717) is 0 Å². The second-order valence-electron chi connectivity index (χ2n) is 4.61. The summed E-state index contributed by atoms with van der Waals surface area (Å²) in [5.41, 5.74) is 0. The standard InChI is InChI=1S/C10H18N2.2ClH/c1-2-4-12-9(3-1)5-8-6-11-7-10(8)12;;/h8-11H,1-7H2;2*1H. The molecule has 0 amide bonds. The van der Waals surface area contributed by atoms with Crippen molar-refractivity contribution in [2.45, 2.75) is 37.8 Å². The van der Waals surface area contributed by atoms with E-state index in [9.17, 15) is 0 Å². The monoisotopic (exact) mass is 238 g/mol. The van der Waals surface area contributed by atoms with Crippen LogP contribution in [0.3, 0.4) is 0 Å². The summed E-state index contributed by atoms with van der Waals surface area (Å²) in [6.07, 6.45) is 5.89. The van der Waals surface area contributed by atoms with Gasteiger partial charge in [-0.25, -0.2) is 0 Å². The first-order valence-corrected chi connectivity index (χ1v) is 5.41. The maximum atomic E-state index is 3.52. The van der Waals surface area contributed by atoms with Gasteiger partial charge >= 0.3 is 0 Å². The van der Waals surface area contributed by atoms with Crippen molar-refractivity contribution in [3.63, 3.8) is 0 Å². The van der Waals surface area contributed by atoms with Crippen LogP contribution in [-0.2, 0) is 0 Å². The van der Waals surface area contributed by atoms with Gasteiger partial charge in [0.15, 0.2) is 0 Å². The normalized spacial score (nSPS) is 40.7. The molecular weight excluding hydrogens is 219 g/mol. The van der Waals surface area contributed by atoms with E-state index >= 15 is 0 Å². The zero-order valence-electron chi connectivity index (χ0n) is 8.45. The third-order valence-corrected chi connectivity index (χ3v) is 3.98. The molecule has 3 rings (SSSR count). The van der Waals surface area contributed by atoms with Gasteiger partial charge in [0.05, 0.1) is 0 Å². The van der Waals surface area contributed by atoms with Gasteiger partial charge in [0.2, 0.25) is 0 Å². The second kappa shape index (κ2) is 5.02. The van der Waals surface area contributed by atoms with Gasteiger partial charge in [-0.05, 0) is 38.3 Å². The summed E-state index contributed by atoms with van der Waals surface area (Å²) < 4.78 is 0. The SMILES string of the molecule is C1CCN2C(C1)CC1CNCC12.Cl.Cl. The molecule has 3 aliphatic rings. The highest BCUT2D eigenvalue weighted by Crippen LogP contribution is 2.36. The highest BCUT2D eigenvalue weighted by Gasteiger charge is 2.43. The minimum Gasteiger partial charge on any atom is -0.315 e. The molecule has 0 bridgehead atoms. The molecule has 4 heteroatoms. The van der Waals surface area contributed by atoms with Crippen LogP contribution in [0.5, 0.6) is 0 Å². The van der Waals surface area contributed by atoms with Gasteiger partial charge in [0.1, 0.15) is 0 Å². The Morgan fingerprint density at radius 2 is 1.93 bits per heavy atom. The van der Waals surface area contributed by atoms with Gasteiger partial charge in [0, 0.05) is 18.6 Å². The van der Waals surface area contributed by atoms with Gasteiger partial charge in [0.25, 0.3) is 0 Å². The first-order chi connectivity index (χ1) is 5.95. The van der Waals surface area contributed by atoms with Crippen LogP contribution in [0.15, 0.2) is 0 Å². The van der Waals surface area contributed by atoms with Crippen molar-refractivity contribution in [1.82, 2.24) is 10.2 Å². The summed E-state index contributed by atoms with van der Waals surface area (Å²) in [7, 11) is 0. The Labute approximate surface area is 98.6 Å². The molecule has 3 fully saturated rings. The lowest BCUT2D eigenvalue weighted by molar-refractivity contribution is 0.151. The molecule has 3 heterocycles. The molecule has 0 aromatic carbocycles. The van der Waals surface area contributed by atoms with Crippen LogP contribution in [0.4, 0.5) is 0 Å². The van der Waals surface area contributed by atoms with Crippen molar-refractivity contribution in [3.05, 3.63) is 0 Å². The minimum absolute atomic E-state index is 0. The molecule has 0 saturated carbocycles. The number of fused-ring (bicyclic) bond motifs is 3. The molecule has 3 saturated heterocycles. The number of nitrogens with zero attached hydrogens (tertiary/aromatic N) is 1. The van der Waals surface area contributed by atoms with Crippen molar-refractivity contribution in [1.29, 1.82) is 0 Å². The Morgan fingerprint density at radius 3 is 2.79 bits per heavy atom. The average Bonchev–Trinajstić information content (AvgIpc) is 2.62. The summed E-state index contributed by atoms with van der Waals surface area (Å²) in [6, 6.07) is 1.88. The van der Waals surface area contributed by atoms with Crippen LogP contribution in [0.2, 0.25) is 0 Å². The lowest BCUT2D eigenvalue weighted by atomic mass is 9.99. The molecule has 3 atom stereocenters. The number of hydrogen-bond acceptors (Lipinski definition) is 2. The van der Waals surface area contributed by atoms with E-state index in [1.807, 2.05) is 0 Å². The Morgan fingerprint density at radius 1 is 1.07 bits per heavy atom. The molecule has 1 N–H and O–H groups in total. The summed E-state index contributed by atoms with van der Waals surface area (Å²) in [6.45, 7) is 3.94. The van der Waals surface area contributed by atoms with Gasteiger partial charge < -0.3 is 5.32 Å². The predicted molar refractivity (Wildman–Crippen MR) is 63.6 cm³/mol. The van der Waals surface area contributed by atoms with E-state index in [0.717, 1.165) is 18.0 Å². The van der Waals surface area contributed by atoms with Crippen LogP contribution < -0.4 is 5.32 Å². The van der Waals surface area contributed by atoms with E-state index in [2.05, 4.69) is 10.2 Å². The number of rotatable bonds is 0. The summed E-state index contributed by atoms with van der Waals surface area (Å²) in [5.74, 6) is 0.994. The second-order valence-corrected chi connectivity index (χ2v) is 4.61. The van der Waals surface area contributed by atoms with Crippen LogP contribution in [0.1, 0.15) is 25.7 Å². The van der Waals surface area contributed by atoms with Crippen molar-refractivity contribution in [2.24, 2.45) is 5.92 Å². The van der Waals surface area contributed by atoms with E-state index in [-0.39, 0.29) is 24.8 Å². The largest absolute Gasteiger partial charge is 0.315 e. The molecule has 0 spiro atoms. The predicted octanol–water partition coefficient (Wildman–Crippen LogP) is 1.68. The summed E-state index contributed by atoms with van der Waals surface area (Å²) in [4.78, 5) is 2.79. The zero-order valence-corrected chi connectivity index (χ0v) is 10.1. The van der Waals surface area contributed by atoms with E-state index in [1.165, 1.54) is 45.3 Å². The third kappa shape index (κ3) is 1.90. The Bertz CT molecular complexity index is 189. The fourth-order valence-corrected chi connectivity index (χ4v) is 3.41. The van der Waals surface area contributed by atoms with E-state index < -0.39 is 0 Å². The Balaban J connectivity index is 0.000000490. The summed E-state index contributed by atoms with van der Waals surface area (Å²) >= 11 is 0. The Hall–Kier alpha value is 0.500. The lowest BCUT2D eigenvalue weighted by Gasteiger charge is -2.33. The van der Waals surface area contributed by atoms with Crippen molar-refractivity contribution < 1.29 is 0 Å². The molecule has 84 valence electrons. The minimum atomic E-state index is 0. The molecule has 0 aromatic heterocycles. The number of halogens is 2. The van der Waals surface area contributed by atoms with Crippen LogP contribution in [-0.4, -0.2) is 36.6 Å². The average molecular weight is 239 g/mol. The molecule has 3 aliphatic heterocycles. The number of piperidine rings is 1. The van der Waals surface area contributed by atoms with Gasteiger partial charge in [-0.15, -0.1) is 24.8 Å². The highest BCUT2D eigenvalue weighted by molar-refractivity contribution is 5.85. The molecule has 0 radical (unpaired) electrons. The first kappa shape index (κ1) is 12.6. The van der Waals surface area contributed by atoms with Crippen LogP contribution in [0, 0.1) is 5.92 Å². The van der Waals surface area contributed by atoms with Gasteiger partial charge in [-0.2, -0.15) is 0 Å². The quantitative estimate of drug-likeness (QED) is 0.691.